The molecule has 0 spiro atoms. The number of benzene rings is 2. The number of rotatable bonds is 4. The summed E-state index contributed by atoms with van der Waals surface area (Å²) < 4.78 is 0. The molecule has 6 heteroatoms. The number of anilines is 2. The minimum absolute atomic E-state index is 0.0606. The van der Waals surface area contributed by atoms with Crippen molar-refractivity contribution >= 4 is 45.9 Å². The molecule has 4 rings (SSSR count). The Morgan fingerprint density at radius 1 is 1.06 bits per heavy atom. The second-order valence-corrected chi connectivity index (χ2v) is 8.93. The Kier molecular flexibility index (Phi) is 5.74. The topological polar surface area (TPSA) is 61.8 Å². The number of nitrogens with zero attached hydrogens (tertiary/aromatic N) is 2. The predicted molar refractivity (Wildman–Crippen MR) is 128 cm³/mol. The van der Waals surface area contributed by atoms with E-state index in [1.54, 1.807) is 16.2 Å². The third kappa shape index (κ3) is 4.44. The van der Waals surface area contributed by atoms with Gasteiger partial charge in [0.1, 0.15) is 6.54 Å². The number of aryl methyl sites for hydroxylation is 4. The fourth-order valence-electron chi connectivity index (χ4n) is 3.61. The number of thiophene rings is 1. The lowest BCUT2D eigenvalue weighted by atomic mass is 10.1. The summed E-state index contributed by atoms with van der Waals surface area (Å²) in [4.78, 5) is 33.6. The zero-order valence-electron chi connectivity index (χ0n) is 18.2. The van der Waals surface area contributed by atoms with E-state index >= 15 is 0 Å². The maximum absolute atomic E-state index is 13.3. The van der Waals surface area contributed by atoms with Gasteiger partial charge in [0.2, 0.25) is 11.8 Å². The molecule has 0 unspecified atom stereocenters. The molecule has 158 valence electrons. The number of hydrogen-bond donors (Lipinski definition) is 1. The van der Waals surface area contributed by atoms with E-state index in [-0.39, 0.29) is 24.8 Å². The van der Waals surface area contributed by atoms with Gasteiger partial charge in [-0.05, 0) is 79.6 Å². The van der Waals surface area contributed by atoms with Crippen LogP contribution in [0.15, 0.2) is 52.8 Å². The van der Waals surface area contributed by atoms with Gasteiger partial charge in [-0.25, -0.2) is 4.99 Å². The van der Waals surface area contributed by atoms with Gasteiger partial charge in [0, 0.05) is 10.6 Å². The van der Waals surface area contributed by atoms with Crippen LogP contribution in [0.3, 0.4) is 0 Å². The first-order chi connectivity index (χ1) is 14.8. The van der Waals surface area contributed by atoms with E-state index in [9.17, 15) is 9.59 Å². The van der Waals surface area contributed by atoms with Crippen LogP contribution < -0.4 is 10.2 Å². The molecule has 0 saturated carbocycles. The number of carbonyl (C=O) groups excluding carboxylic acids is 2. The van der Waals surface area contributed by atoms with E-state index in [2.05, 4.69) is 5.32 Å². The molecule has 1 aliphatic rings. The molecule has 0 saturated heterocycles. The van der Waals surface area contributed by atoms with Crippen LogP contribution in [0.5, 0.6) is 0 Å². The molecule has 5 nitrogen and oxygen atoms in total. The van der Waals surface area contributed by atoms with E-state index in [0.717, 1.165) is 44.2 Å². The summed E-state index contributed by atoms with van der Waals surface area (Å²) in [6, 6.07) is 13.8. The average molecular weight is 432 g/mol. The molecule has 1 N–H and O–H groups in total. The monoisotopic (exact) mass is 431 g/mol. The van der Waals surface area contributed by atoms with Gasteiger partial charge in [0.05, 0.1) is 23.5 Å². The van der Waals surface area contributed by atoms with Crippen molar-refractivity contribution < 1.29 is 9.59 Å². The van der Waals surface area contributed by atoms with Crippen molar-refractivity contribution in [2.24, 2.45) is 4.99 Å². The highest BCUT2D eigenvalue weighted by Crippen LogP contribution is 2.36. The first-order valence-corrected chi connectivity index (χ1v) is 11.1. The Morgan fingerprint density at radius 2 is 1.84 bits per heavy atom. The molecule has 0 aliphatic carbocycles. The van der Waals surface area contributed by atoms with Crippen LogP contribution in [0.25, 0.3) is 0 Å². The summed E-state index contributed by atoms with van der Waals surface area (Å²) in [5.74, 6) is -0.365. The summed E-state index contributed by atoms with van der Waals surface area (Å²) in [5.41, 5.74) is 7.11. The van der Waals surface area contributed by atoms with E-state index in [1.165, 1.54) is 0 Å². The summed E-state index contributed by atoms with van der Waals surface area (Å²) in [5, 5.41) is 4.94. The van der Waals surface area contributed by atoms with Crippen LogP contribution in [-0.4, -0.2) is 24.1 Å². The third-order valence-corrected chi connectivity index (χ3v) is 6.45. The van der Waals surface area contributed by atoms with Gasteiger partial charge in [-0.15, -0.1) is 11.3 Å². The minimum atomic E-state index is -0.231. The molecule has 0 fully saturated rings. The quantitative estimate of drug-likeness (QED) is 0.595. The molecule has 2 aromatic carbocycles. The SMILES string of the molecule is Cc1ccc(C)c(NC(=O)CN2C(=O)CC(c3cccs3)=Nc3cc(C)c(C)cc32)c1. The second kappa shape index (κ2) is 8.47. The largest absolute Gasteiger partial charge is 0.324 e. The van der Waals surface area contributed by atoms with Crippen molar-refractivity contribution in [1.82, 2.24) is 0 Å². The normalized spacial score (nSPS) is 13.5. The standard InChI is InChI=1S/C25H25N3O2S/c1-15-7-8-16(2)19(10-15)27-24(29)14-28-22-12-18(4)17(3)11-20(22)26-21(13-25(28)30)23-6-5-9-31-23/h5-12H,13-14H2,1-4H3,(H,27,29). The number of amides is 2. The summed E-state index contributed by atoms with van der Waals surface area (Å²) in [7, 11) is 0. The number of fused-ring (bicyclic) bond motifs is 1. The number of nitrogens with one attached hydrogen (secondary N) is 1. The lowest BCUT2D eigenvalue weighted by Crippen LogP contribution is -2.38. The maximum Gasteiger partial charge on any atom is 0.244 e. The van der Waals surface area contributed by atoms with Gasteiger partial charge >= 0.3 is 0 Å². The molecule has 2 amide bonds. The van der Waals surface area contributed by atoms with Crippen molar-refractivity contribution in [2.45, 2.75) is 34.1 Å². The van der Waals surface area contributed by atoms with Crippen LogP contribution in [0.2, 0.25) is 0 Å². The van der Waals surface area contributed by atoms with Gasteiger partial charge in [-0.3, -0.25) is 9.59 Å². The van der Waals surface area contributed by atoms with Gasteiger partial charge in [-0.2, -0.15) is 0 Å². The van der Waals surface area contributed by atoms with Crippen LogP contribution in [0.1, 0.15) is 33.6 Å². The molecule has 0 atom stereocenters. The third-order valence-electron chi connectivity index (χ3n) is 5.53. The molecule has 0 radical (unpaired) electrons. The molecular weight excluding hydrogens is 406 g/mol. The lowest BCUT2D eigenvalue weighted by molar-refractivity contribution is -0.120. The van der Waals surface area contributed by atoms with E-state index in [0.29, 0.717) is 5.69 Å². The van der Waals surface area contributed by atoms with Gasteiger partial charge < -0.3 is 10.2 Å². The minimum Gasteiger partial charge on any atom is -0.324 e. The molecule has 3 aromatic rings. The Balaban J connectivity index is 1.67. The Labute approximate surface area is 186 Å². The summed E-state index contributed by atoms with van der Waals surface area (Å²) >= 11 is 1.56. The zero-order chi connectivity index (χ0) is 22.1. The highest BCUT2D eigenvalue weighted by atomic mass is 32.1. The lowest BCUT2D eigenvalue weighted by Gasteiger charge is -2.23. The Hall–Kier alpha value is -3.25. The van der Waals surface area contributed by atoms with Gasteiger partial charge in [0.25, 0.3) is 0 Å². The molecular formula is C25H25N3O2S. The van der Waals surface area contributed by atoms with Crippen LogP contribution >= 0.6 is 11.3 Å². The highest BCUT2D eigenvalue weighted by molar-refractivity contribution is 7.12. The molecule has 0 bridgehead atoms. The fourth-order valence-corrected chi connectivity index (χ4v) is 4.33. The Morgan fingerprint density at radius 3 is 2.58 bits per heavy atom. The average Bonchev–Trinajstić information content (AvgIpc) is 3.22. The zero-order valence-corrected chi connectivity index (χ0v) is 19.0. The van der Waals surface area contributed by atoms with E-state index < -0.39 is 0 Å². The Bertz CT molecular complexity index is 1200. The first kappa shape index (κ1) is 21.0. The van der Waals surface area contributed by atoms with Crippen molar-refractivity contribution in [2.75, 3.05) is 16.8 Å². The van der Waals surface area contributed by atoms with Crippen molar-refractivity contribution in [3.8, 4) is 0 Å². The van der Waals surface area contributed by atoms with E-state index in [1.807, 2.05) is 75.5 Å². The first-order valence-electron chi connectivity index (χ1n) is 10.2. The summed E-state index contributed by atoms with van der Waals surface area (Å²) in [6.07, 6.45) is 0.157. The molecule has 31 heavy (non-hydrogen) atoms. The van der Waals surface area contributed by atoms with Gasteiger partial charge in [0.15, 0.2) is 0 Å². The number of carbonyl (C=O) groups is 2. The van der Waals surface area contributed by atoms with Crippen LogP contribution in [-0.2, 0) is 9.59 Å². The number of hydrogen-bond acceptors (Lipinski definition) is 4. The van der Waals surface area contributed by atoms with Crippen molar-refractivity contribution in [3.63, 3.8) is 0 Å². The van der Waals surface area contributed by atoms with Crippen molar-refractivity contribution in [3.05, 3.63) is 75.0 Å². The molecule has 2 heterocycles. The molecule has 1 aromatic heterocycles. The van der Waals surface area contributed by atoms with Gasteiger partial charge in [-0.1, -0.05) is 18.2 Å². The van der Waals surface area contributed by atoms with Crippen LogP contribution in [0.4, 0.5) is 17.1 Å². The van der Waals surface area contributed by atoms with Crippen LogP contribution in [0, 0.1) is 27.7 Å². The highest BCUT2D eigenvalue weighted by Gasteiger charge is 2.27. The van der Waals surface area contributed by atoms with E-state index in [4.69, 9.17) is 4.99 Å². The fraction of sp³-hybridized carbons (Fsp3) is 0.240. The van der Waals surface area contributed by atoms with Crippen molar-refractivity contribution in [1.29, 1.82) is 0 Å². The summed E-state index contributed by atoms with van der Waals surface area (Å²) in [6.45, 7) is 7.91. The molecule has 1 aliphatic heterocycles. The number of aliphatic imine (C=N–C) groups is 1. The maximum atomic E-state index is 13.3. The predicted octanol–water partition coefficient (Wildman–Crippen LogP) is 5.48. The second-order valence-electron chi connectivity index (χ2n) is 7.98. The smallest absolute Gasteiger partial charge is 0.244 e.